The van der Waals surface area contributed by atoms with Crippen LogP contribution in [-0.4, -0.2) is 35.0 Å². The van der Waals surface area contributed by atoms with E-state index < -0.39 is 12.1 Å². The number of benzene rings is 3. The molecule has 1 fully saturated rings. The zero-order valence-electron chi connectivity index (χ0n) is 22.1. The molecule has 0 radical (unpaired) electrons. The van der Waals surface area contributed by atoms with Gasteiger partial charge in [0.05, 0.1) is 32.0 Å². The van der Waals surface area contributed by atoms with E-state index in [2.05, 4.69) is 42.5 Å². The number of hydrogen-bond donors (Lipinski definition) is 2. The van der Waals surface area contributed by atoms with E-state index in [0.29, 0.717) is 45.5 Å². The Hall–Kier alpha value is -3.32. The molecule has 5 nitrogen and oxygen atoms in total. The summed E-state index contributed by atoms with van der Waals surface area (Å²) in [5.74, 6) is -1.10. The van der Waals surface area contributed by atoms with Gasteiger partial charge in [-0.15, -0.1) is 0 Å². The summed E-state index contributed by atoms with van der Waals surface area (Å²) in [5, 5.41) is 19.8. The van der Waals surface area contributed by atoms with Gasteiger partial charge in [0.15, 0.2) is 0 Å². The second-order valence-electron chi connectivity index (χ2n) is 10.2. The second kappa shape index (κ2) is 14.7. The molecule has 206 valence electrons. The standard InChI is InChI=1S/C33H37FO5/c34-28-18-14-24(15-19-28)21-38-23-30-29(10-6-1-2-7-11-33(36)37)32(20-31(30)35)39-22-25-12-16-27(17-13-25)26-8-4-3-5-9-26/h1,3-6,8-9,12-19,29-32,35H,2,7,10-11,20-23H2,(H,36,37)/t29-,30-,31+,32+/m1/s1. The molecular formula is C33H37FO5. The molecule has 3 aromatic rings. The van der Waals surface area contributed by atoms with Crippen molar-refractivity contribution in [3.63, 3.8) is 0 Å². The molecule has 0 aromatic heterocycles. The van der Waals surface area contributed by atoms with Crippen molar-refractivity contribution in [3.8, 4) is 11.1 Å². The summed E-state index contributed by atoms with van der Waals surface area (Å²) in [7, 11) is 0. The number of rotatable bonds is 14. The molecule has 0 unspecified atom stereocenters. The Labute approximate surface area is 229 Å². The van der Waals surface area contributed by atoms with Gasteiger partial charge in [0.2, 0.25) is 0 Å². The lowest BCUT2D eigenvalue weighted by molar-refractivity contribution is -0.137. The smallest absolute Gasteiger partial charge is 0.303 e. The molecule has 1 saturated carbocycles. The SMILES string of the molecule is O=C(O)CCCC=CC[C@@H]1[C@@H](COCc2ccc(F)cc2)[C@@H](O)C[C@@H]1OCc1ccc(-c2ccccc2)cc1. The lowest BCUT2D eigenvalue weighted by Crippen LogP contribution is -2.27. The molecule has 1 aliphatic rings. The van der Waals surface area contributed by atoms with Gasteiger partial charge in [-0.3, -0.25) is 4.79 Å². The largest absolute Gasteiger partial charge is 0.481 e. The van der Waals surface area contributed by atoms with Crippen molar-refractivity contribution in [2.75, 3.05) is 6.61 Å². The first-order chi connectivity index (χ1) is 19.0. The third-order valence-corrected chi connectivity index (χ3v) is 7.35. The van der Waals surface area contributed by atoms with Crippen LogP contribution in [0.5, 0.6) is 0 Å². The zero-order chi connectivity index (χ0) is 27.5. The van der Waals surface area contributed by atoms with Crippen molar-refractivity contribution in [2.24, 2.45) is 11.8 Å². The number of hydrogen-bond acceptors (Lipinski definition) is 4. The molecule has 2 N–H and O–H groups in total. The fraction of sp³-hybridized carbons (Fsp3) is 0.364. The summed E-state index contributed by atoms with van der Waals surface area (Å²) < 4.78 is 25.5. The fourth-order valence-corrected chi connectivity index (χ4v) is 5.16. The predicted molar refractivity (Wildman–Crippen MR) is 149 cm³/mol. The van der Waals surface area contributed by atoms with Crippen LogP contribution in [-0.2, 0) is 27.5 Å². The first-order valence-electron chi connectivity index (χ1n) is 13.6. The molecule has 0 saturated heterocycles. The average molecular weight is 533 g/mol. The summed E-state index contributed by atoms with van der Waals surface area (Å²) in [6, 6.07) is 24.8. The maximum Gasteiger partial charge on any atom is 0.303 e. The molecule has 0 amide bonds. The number of halogens is 1. The molecule has 39 heavy (non-hydrogen) atoms. The van der Waals surface area contributed by atoms with Gasteiger partial charge in [-0.05, 0) is 59.6 Å². The Kier molecular flexibility index (Phi) is 10.8. The molecule has 4 rings (SSSR count). The van der Waals surface area contributed by atoms with Crippen LogP contribution in [0.2, 0.25) is 0 Å². The van der Waals surface area contributed by atoms with Crippen molar-refractivity contribution in [1.29, 1.82) is 0 Å². The maximum atomic E-state index is 13.2. The van der Waals surface area contributed by atoms with E-state index >= 15 is 0 Å². The molecule has 0 aliphatic heterocycles. The number of aliphatic carboxylic acids is 1. The third kappa shape index (κ3) is 8.85. The topological polar surface area (TPSA) is 76.0 Å². The molecule has 1 aliphatic carbocycles. The van der Waals surface area contributed by atoms with E-state index in [1.807, 2.05) is 24.3 Å². The summed E-state index contributed by atoms with van der Waals surface area (Å²) in [5.41, 5.74) is 4.27. The van der Waals surface area contributed by atoms with Gasteiger partial charge in [0, 0.05) is 18.8 Å². The Balaban J connectivity index is 1.35. The van der Waals surface area contributed by atoms with Crippen LogP contribution in [0.4, 0.5) is 4.39 Å². The predicted octanol–water partition coefficient (Wildman–Crippen LogP) is 6.79. The summed E-state index contributed by atoms with van der Waals surface area (Å²) in [6.07, 6.45) is 6.12. The van der Waals surface area contributed by atoms with Crippen molar-refractivity contribution in [2.45, 2.75) is 57.5 Å². The zero-order valence-corrected chi connectivity index (χ0v) is 22.1. The number of carbonyl (C=O) groups is 1. The van der Waals surface area contributed by atoms with Crippen LogP contribution in [0, 0.1) is 17.7 Å². The van der Waals surface area contributed by atoms with Crippen LogP contribution >= 0.6 is 0 Å². The van der Waals surface area contributed by atoms with Gasteiger partial charge in [-0.2, -0.15) is 0 Å². The quantitative estimate of drug-likeness (QED) is 0.177. The Morgan fingerprint density at radius 3 is 2.26 bits per heavy atom. The second-order valence-corrected chi connectivity index (χ2v) is 10.2. The maximum absolute atomic E-state index is 13.2. The van der Waals surface area contributed by atoms with Gasteiger partial charge in [-0.25, -0.2) is 4.39 Å². The van der Waals surface area contributed by atoms with Gasteiger partial charge in [0.25, 0.3) is 0 Å². The number of aliphatic hydroxyl groups excluding tert-OH is 1. The minimum atomic E-state index is -0.786. The highest BCUT2D eigenvalue weighted by Crippen LogP contribution is 2.38. The monoisotopic (exact) mass is 532 g/mol. The van der Waals surface area contributed by atoms with Crippen LogP contribution in [0.3, 0.4) is 0 Å². The van der Waals surface area contributed by atoms with Crippen LogP contribution in [0.25, 0.3) is 11.1 Å². The van der Waals surface area contributed by atoms with Crippen molar-refractivity contribution in [1.82, 2.24) is 0 Å². The van der Waals surface area contributed by atoms with Gasteiger partial charge in [0.1, 0.15) is 5.82 Å². The normalized spacial score (nSPS) is 21.0. The van der Waals surface area contributed by atoms with E-state index in [4.69, 9.17) is 14.6 Å². The average Bonchev–Trinajstić information content (AvgIpc) is 3.25. The van der Waals surface area contributed by atoms with E-state index in [9.17, 15) is 14.3 Å². The highest BCUT2D eigenvalue weighted by molar-refractivity contribution is 5.66. The molecule has 0 spiro atoms. The minimum absolute atomic E-state index is 0.0625. The molecular weight excluding hydrogens is 495 g/mol. The lowest BCUT2D eigenvalue weighted by Gasteiger charge is -2.25. The number of carboxylic acids is 1. The lowest BCUT2D eigenvalue weighted by atomic mass is 9.91. The number of unbranched alkanes of at least 4 members (excludes halogenated alkanes) is 1. The molecule has 4 atom stereocenters. The minimum Gasteiger partial charge on any atom is -0.481 e. The number of ether oxygens (including phenoxy) is 2. The van der Waals surface area contributed by atoms with Crippen LogP contribution in [0.15, 0.2) is 91.0 Å². The Bertz CT molecular complexity index is 1180. The van der Waals surface area contributed by atoms with Crippen molar-refractivity contribution < 1.29 is 28.9 Å². The molecule has 6 heteroatoms. The van der Waals surface area contributed by atoms with E-state index in [-0.39, 0.29) is 30.2 Å². The van der Waals surface area contributed by atoms with Gasteiger partial charge < -0.3 is 19.7 Å². The van der Waals surface area contributed by atoms with E-state index in [1.165, 1.54) is 17.7 Å². The summed E-state index contributed by atoms with van der Waals surface area (Å²) in [6.45, 7) is 1.18. The first kappa shape index (κ1) is 28.7. The fourth-order valence-electron chi connectivity index (χ4n) is 5.16. The number of carboxylic acid groups (broad SMARTS) is 1. The Morgan fingerprint density at radius 1 is 0.872 bits per heavy atom. The summed E-state index contributed by atoms with van der Waals surface area (Å²) >= 11 is 0. The molecule has 0 bridgehead atoms. The van der Waals surface area contributed by atoms with Crippen molar-refractivity contribution in [3.05, 3.63) is 108 Å². The first-order valence-corrected chi connectivity index (χ1v) is 13.6. The number of aliphatic hydroxyl groups is 1. The van der Waals surface area contributed by atoms with Crippen LogP contribution < -0.4 is 0 Å². The molecule has 0 heterocycles. The van der Waals surface area contributed by atoms with Gasteiger partial charge >= 0.3 is 5.97 Å². The van der Waals surface area contributed by atoms with E-state index in [1.54, 1.807) is 12.1 Å². The van der Waals surface area contributed by atoms with E-state index in [0.717, 1.165) is 16.7 Å². The van der Waals surface area contributed by atoms with Gasteiger partial charge in [-0.1, -0.05) is 78.9 Å². The molecule has 3 aromatic carbocycles. The summed E-state index contributed by atoms with van der Waals surface area (Å²) in [4.78, 5) is 10.8. The highest BCUT2D eigenvalue weighted by atomic mass is 19.1. The van der Waals surface area contributed by atoms with Crippen molar-refractivity contribution >= 4 is 5.97 Å². The van der Waals surface area contributed by atoms with Crippen LogP contribution in [0.1, 0.15) is 43.2 Å². The number of allylic oxidation sites excluding steroid dienone is 2. The third-order valence-electron chi connectivity index (χ3n) is 7.35. The Morgan fingerprint density at radius 2 is 1.54 bits per heavy atom. The highest BCUT2D eigenvalue weighted by Gasteiger charge is 2.42.